The molecule has 1 heterocycles. The fourth-order valence-corrected chi connectivity index (χ4v) is 2.72. The number of ether oxygens (including phenoxy) is 1. The number of aliphatic hydroxyl groups is 1. The average Bonchev–Trinajstić information content (AvgIpc) is 2.67. The number of piperidine rings is 1. The van der Waals surface area contributed by atoms with Crippen LogP contribution in [0.5, 0.6) is 5.75 Å². The highest BCUT2D eigenvalue weighted by Gasteiger charge is 2.21. The molecule has 0 aliphatic carbocycles. The van der Waals surface area contributed by atoms with Crippen LogP contribution in [0.1, 0.15) is 28.8 Å². The van der Waals surface area contributed by atoms with Gasteiger partial charge in [0.1, 0.15) is 12.4 Å². The van der Waals surface area contributed by atoms with E-state index < -0.39 is 0 Å². The largest absolute Gasteiger partial charge is 0.481 e. The third-order valence-electron chi connectivity index (χ3n) is 4.17. The molecule has 0 radical (unpaired) electrons. The van der Waals surface area contributed by atoms with E-state index in [9.17, 15) is 9.90 Å². The van der Waals surface area contributed by atoms with Gasteiger partial charge in [0, 0.05) is 24.2 Å². The molecule has 2 aromatic carbocycles. The molecule has 0 unspecified atom stereocenters. The smallest absolute Gasteiger partial charge is 0.253 e. The predicted molar refractivity (Wildman–Crippen MR) is 96.4 cm³/mol. The summed E-state index contributed by atoms with van der Waals surface area (Å²) in [6.07, 6.45) is 1.02. The van der Waals surface area contributed by atoms with Crippen LogP contribution in [0.15, 0.2) is 54.6 Å². The topological polar surface area (TPSA) is 49.8 Å². The van der Waals surface area contributed by atoms with E-state index in [2.05, 4.69) is 11.8 Å². The van der Waals surface area contributed by atoms with E-state index in [1.807, 2.05) is 42.5 Å². The Balaban J connectivity index is 1.54. The van der Waals surface area contributed by atoms with Crippen LogP contribution in [0.25, 0.3) is 0 Å². The molecular formula is C21H21NO3. The van der Waals surface area contributed by atoms with Gasteiger partial charge in [0.05, 0.1) is 6.10 Å². The lowest BCUT2D eigenvalue weighted by atomic mass is 10.1. The predicted octanol–water partition coefficient (Wildman–Crippen LogP) is 2.71. The molecule has 128 valence electrons. The number of nitrogens with zero attached hydrogens (tertiary/aromatic N) is 1. The van der Waals surface area contributed by atoms with Crippen molar-refractivity contribution in [1.82, 2.24) is 4.90 Å². The van der Waals surface area contributed by atoms with Crippen LogP contribution in [0, 0.1) is 11.8 Å². The van der Waals surface area contributed by atoms with Gasteiger partial charge in [-0.05, 0) is 49.2 Å². The summed E-state index contributed by atoms with van der Waals surface area (Å²) in [5, 5.41) is 9.53. The lowest BCUT2D eigenvalue weighted by Gasteiger charge is -2.29. The maximum atomic E-state index is 12.4. The molecule has 25 heavy (non-hydrogen) atoms. The molecule has 1 aliphatic heterocycles. The van der Waals surface area contributed by atoms with Crippen LogP contribution in [-0.4, -0.2) is 41.7 Å². The molecular weight excluding hydrogens is 314 g/mol. The minimum absolute atomic E-state index is 0.0128. The Morgan fingerprint density at radius 3 is 2.44 bits per heavy atom. The highest BCUT2D eigenvalue weighted by Crippen LogP contribution is 2.14. The van der Waals surface area contributed by atoms with Gasteiger partial charge in [-0.15, -0.1) is 0 Å². The Labute approximate surface area is 148 Å². The number of rotatable bonds is 3. The molecule has 4 nitrogen and oxygen atoms in total. The van der Waals surface area contributed by atoms with Crippen LogP contribution in [0.4, 0.5) is 0 Å². The standard InChI is InChI=1S/C21H21NO3/c23-19-12-14-22(15-13-19)21(24)18-10-8-17(9-11-18)5-4-16-25-20-6-2-1-3-7-20/h1-3,6-11,19,23H,12-16H2. The van der Waals surface area contributed by atoms with E-state index in [0.29, 0.717) is 38.1 Å². The summed E-state index contributed by atoms with van der Waals surface area (Å²) in [6.45, 7) is 1.54. The lowest BCUT2D eigenvalue weighted by molar-refractivity contribution is 0.0546. The van der Waals surface area contributed by atoms with E-state index in [4.69, 9.17) is 4.74 Å². The number of aliphatic hydroxyl groups excluding tert-OH is 1. The van der Waals surface area contributed by atoms with Crippen LogP contribution < -0.4 is 4.74 Å². The minimum atomic E-state index is -0.278. The number of benzene rings is 2. The molecule has 1 saturated heterocycles. The molecule has 1 N–H and O–H groups in total. The van der Waals surface area contributed by atoms with Crippen molar-refractivity contribution in [3.05, 3.63) is 65.7 Å². The SMILES string of the molecule is O=C(c1ccc(C#CCOc2ccccc2)cc1)N1CCC(O)CC1. The molecule has 0 bridgehead atoms. The van der Waals surface area contributed by atoms with E-state index in [-0.39, 0.29) is 12.0 Å². The summed E-state index contributed by atoms with van der Waals surface area (Å²) in [5.41, 5.74) is 1.50. The van der Waals surface area contributed by atoms with Gasteiger partial charge in [-0.3, -0.25) is 4.79 Å². The minimum Gasteiger partial charge on any atom is -0.481 e. The molecule has 2 aromatic rings. The van der Waals surface area contributed by atoms with Crippen molar-refractivity contribution in [2.75, 3.05) is 19.7 Å². The molecule has 0 aromatic heterocycles. The molecule has 1 fully saturated rings. The maximum Gasteiger partial charge on any atom is 0.253 e. The van der Waals surface area contributed by atoms with Crippen molar-refractivity contribution in [3.8, 4) is 17.6 Å². The van der Waals surface area contributed by atoms with Crippen molar-refractivity contribution < 1.29 is 14.6 Å². The quantitative estimate of drug-likeness (QED) is 0.878. The molecule has 4 heteroatoms. The summed E-state index contributed by atoms with van der Waals surface area (Å²) >= 11 is 0. The van der Waals surface area contributed by atoms with Crippen LogP contribution in [-0.2, 0) is 0 Å². The number of hydrogen-bond donors (Lipinski definition) is 1. The average molecular weight is 335 g/mol. The van der Waals surface area contributed by atoms with E-state index in [1.165, 1.54) is 0 Å². The number of likely N-dealkylation sites (tertiary alicyclic amines) is 1. The lowest BCUT2D eigenvalue weighted by Crippen LogP contribution is -2.40. The van der Waals surface area contributed by atoms with Crippen LogP contribution in [0.3, 0.4) is 0 Å². The highest BCUT2D eigenvalue weighted by atomic mass is 16.5. The van der Waals surface area contributed by atoms with Gasteiger partial charge in [0.2, 0.25) is 0 Å². The second-order valence-corrected chi connectivity index (χ2v) is 6.00. The monoisotopic (exact) mass is 335 g/mol. The third kappa shape index (κ3) is 4.85. The second kappa shape index (κ2) is 8.36. The van der Waals surface area contributed by atoms with Crippen molar-refractivity contribution >= 4 is 5.91 Å². The Morgan fingerprint density at radius 2 is 1.76 bits per heavy atom. The zero-order valence-electron chi connectivity index (χ0n) is 14.0. The number of amides is 1. The third-order valence-corrected chi connectivity index (χ3v) is 4.17. The Kier molecular flexibility index (Phi) is 5.71. The zero-order chi connectivity index (χ0) is 17.5. The Morgan fingerprint density at radius 1 is 1.08 bits per heavy atom. The fourth-order valence-electron chi connectivity index (χ4n) is 2.72. The Bertz CT molecular complexity index is 751. The van der Waals surface area contributed by atoms with Gasteiger partial charge in [-0.2, -0.15) is 0 Å². The van der Waals surface area contributed by atoms with E-state index >= 15 is 0 Å². The number of carbonyl (C=O) groups is 1. The number of para-hydroxylation sites is 1. The van der Waals surface area contributed by atoms with E-state index in [1.54, 1.807) is 17.0 Å². The number of hydrogen-bond acceptors (Lipinski definition) is 3. The summed E-state index contributed by atoms with van der Waals surface area (Å²) < 4.78 is 5.52. The van der Waals surface area contributed by atoms with Crippen molar-refractivity contribution in [2.45, 2.75) is 18.9 Å². The first-order chi connectivity index (χ1) is 12.2. The summed E-state index contributed by atoms with van der Waals surface area (Å²) in [4.78, 5) is 14.2. The first kappa shape index (κ1) is 17.1. The number of carbonyl (C=O) groups excluding carboxylic acids is 1. The van der Waals surface area contributed by atoms with Crippen molar-refractivity contribution in [2.24, 2.45) is 0 Å². The summed E-state index contributed by atoms with van der Waals surface area (Å²) in [7, 11) is 0. The molecule has 0 spiro atoms. The van der Waals surface area contributed by atoms with Gasteiger partial charge in [0.25, 0.3) is 5.91 Å². The maximum absolute atomic E-state index is 12.4. The first-order valence-corrected chi connectivity index (χ1v) is 8.46. The zero-order valence-corrected chi connectivity index (χ0v) is 14.0. The second-order valence-electron chi connectivity index (χ2n) is 6.00. The Hall–Kier alpha value is -2.77. The van der Waals surface area contributed by atoms with Gasteiger partial charge in [-0.1, -0.05) is 30.0 Å². The van der Waals surface area contributed by atoms with Gasteiger partial charge < -0.3 is 14.7 Å². The summed E-state index contributed by atoms with van der Waals surface area (Å²) in [5.74, 6) is 6.81. The first-order valence-electron chi connectivity index (χ1n) is 8.46. The molecule has 0 atom stereocenters. The van der Waals surface area contributed by atoms with Crippen LogP contribution >= 0.6 is 0 Å². The van der Waals surface area contributed by atoms with Crippen molar-refractivity contribution in [1.29, 1.82) is 0 Å². The summed E-state index contributed by atoms with van der Waals surface area (Å²) in [6, 6.07) is 16.9. The normalized spacial score (nSPS) is 14.5. The molecule has 1 amide bonds. The van der Waals surface area contributed by atoms with Crippen molar-refractivity contribution in [3.63, 3.8) is 0 Å². The molecule has 0 saturated carbocycles. The van der Waals surface area contributed by atoms with Gasteiger partial charge in [0.15, 0.2) is 0 Å². The van der Waals surface area contributed by atoms with Gasteiger partial charge >= 0.3 is 0 Å². The fraction of sp³-hybridized carbons (Fsp3) is 0.286. The molecule has 1 aliphatic rings. The van der Waals surface area contributed by atoms with Crippen LogP contribution in [0.2, 0.25) is 0 Å². The van der Waals surface area contributed by atoms with E-state index in [0.717, 1.165) is 11.3 Å². The van der Waals surface area contributed by atoms with Gasteiger partial charge in [-0.25, -0.2) is 0 Å². The highest BCUT2D eigenvalue weighted by molar-refractivity contribution is 5.94. The molecule has 3 rings (SSSR count).